The zero-order valence-electron chi connectivity index (χ0n) is 8.54. The number of hydrogen-bond acceptors (Lipinski definition) is 5. The van der Waals surface area contributed by atoms with Crippen LogP contribution in [0.4, 0.5) is 0 Å². The maximum atomic E-state index is 11.0. The molecule has 3 atom stereocenters. The van der Waals surface area contributed by atoms with Crippen molar-refractivity contribution in [1.29, 1.82) is 0 Å². The van der Waals surface area contributed by atoms with Crippen LogP contribution in [0.1, 0.15) is 31.8 Å². The zero-order valence-corrected chi connectivity index (χ0v) is 9.36. The maximum Gasteiger partial charge on any atom is 0.168 e. The van der Waals surface area contributed by atoms with Crippen LogP contribution in [0.5, 0.6) is 0 Å². The summed E-state index contributed by atoms with van der Waals surface area (Å²) in [5.74, 6) is 1.16. The van der Waals surface area contributed by atoms with Crippen molar-refractivity contribution in [3.8, 4) is 0 Å². The van der Waals surface area contributed by atoms with Gasteiger partial charge in [-0.1, -0.05) is 0 Å². The van der Waals surface area contributed by atoms with E-state index in [0.29, 0.717) is 11.6 Å². The first-order valence-electron chi connectivity index (χ1n) is 4.35. The number of nitrogens with zero attached hydrogens (tertiary/aromatic N) is 4. The Hall–Kier alpha value is -0.820. The summed E-state index contributed by atoms with van der Waals surface area (Å²) in [7, 11) is -0.859. The second kappa shape index (κ2) is 4.61. The minimum absolute atomic E-state index is 0.0110. The summed E-state index contributed by atoms with van der Waals surface area (Å²) in [6.07, 6.45) is 1.66. The molecular formula is C7H15N5OS. The summed E-state index contributed by atoms with van der Waals surface area (Å²) in [6, 6.07) is -0.199. The molecule has 0 radical (unpaired) electrons. The van der Waals surface area contributed by atoms with Crippen LogP contribution in [-0.4, -0.2) is 36.4 Å². The van der Waals surface area contributed by atoms with E-state index in [2.05, 4.69) is 15.5 Å². The number of rotatable bonds is 4. The fourth-order valence-electron chi connectivity index (χ4n) is 1.22. The molecule has 0 aliphatic rings. The number of hydrogen-bond donors (Lipinski definition) is 1. The summed E-state index contributed by atoms with van der Waals surface area (Å²) in [5, 5.41) is 11.2. The Balaban J connectivity index is 2.83. The Kier molecular flexibility index (Phi) is 3.70. The van der Waals surface area contributed by atoms with E-state index in [9.17, 15) is 4.21 Å². The topological polar surface area (TPSA) is 86.7 Å². The van der Waals surface area contributed by atoms with Gasteiger partial charge < -0.3 is 5.73 Å². The van der Waals surface area contributed by atoms with Gasteiger partial charge in [0.05, 0.1) is 12.1 Å². The van der Waals surface area contributed by atoms with Gasteiger partial charge in [-0.3, -0.25) is 4.21 Å². The van der Waals surface area contributed by atoms with Gasteiger partial charge >= 0.3 is 0 Å². The average Bonchev–Trinajstić information content (AvgIpc) is 2.49. The van der Waals surface area contributed by atoms with Crippen molar-refractivity contribution in [2.45, 2.75) is 25.9 Å². The lowest BCUT2D eigenvalue weighted by Crippen LogP contribution is -2.20. The predicted octanol–water partition coefficient (Wildman–Crippen LogP) is -0.368. The third kappa shape index (κ3) is 2.58. The van der Waals surface area contributed by atoms with Crippen LogP contribution >= 0.6 is 0 Å². The fraction of sp³-hybridized carbons (Fsp3) is 0.857. The summed E-state index contributed by atoms with van der Waals surface area (Å²) < 4.78 is 12.7. The van der Waals surface area contributed by atoms with Gasteiger partial charge in [-0.05, 0) is 24.3 Å². The molecule has 80 valence electrons. The van der Waals surface area contributed by atoms with Crippen molar-refractivity contribution in [2.24, 2.45) is 5.73 Å². The molecule has 0 spiro atoms. The normalized spacial score (nSPS) is 17.7. The van der Waals surface area contributed by atoms with Crippen LogP contribution in [-0.2, 0) is 10.8 Å². The molecule has 7 heteroatoms. The maximum absolute atomic E-state index is 11.0. The lowest BCUT2D eigenvalue weighted by atomic mass is 10.3. The molecule has 3 unspecified atom stereocenters. The van der Waals surface area contributed by atoms with Gasteiger partial charge in [0.1, 0.15) is 0 Å². The summed E-state index contributed by atoms with van der Waals surface area (Å²) in [4.78, 5) is 0. The molecule has 2 N–H and O–H groups in total. The molecule has 0 aliphatic heterocycles. The Bertz CT molecular complexity index is 324. The third-order valence-electron chi connectivity index (χ3n) is 1.82. The standard InChI is InChI=1S/C7H15N5OS/c1-5(4-14(3)13)12-7(6(2)8)9-10-11-12/h5-6H,4,8H2,1-3H3. The van der Waals surface area contributed by atoms with E-state index in [1.54, 1.807) is 10.9 Å². The van der Waals surface area contributed by atoms with Crippen LogP contribution in [0.2, 0.25) is 0 Å². The first-order chi connectivity index (χ1) is 6.52. The van der Waals surface area contributed by atoms with E-state index in [4.69, 9.17) is 5.73 Å². The lowest BCUT2D eigenvalue weighted by Gasteiger charge is -2.13. The van der Waals surface area contributed by atoms with Crippen molar-refractivity contribution in [3.63, 3.8) is 0 Å². The first kappa shape index (κ1) is 11.3. The van der Waals surface area contributed by atoms with Gasteiger partial charge in [-0.2, -0.15) is 0 Å². The highest BCUT2D eigenvalue weighted by Gasteiger charge is 2.16. The second-order valence-corrected chi connectivity index (χ2v) is 4.84. The van der Waals surface area contributed by atoms with Crippen LogP contribution in [0, 0.1) is 0 Å². The molecule has 0 fully saturated rings. The SMILES string of the molecule is CC(N)c1nnnn1C(C)CS(C)=O. The largest absolute Gasteiger partial charge is 0.322 e. The van der Waals surface area contributed by atoms with Crippen LogP contribution in [0.15, 0.2) is 0 Å². The van der Waals surface area contributed by atoms with Crippen molar-refractivity contribution < 1.29 is 4.21 Å². The van der Waals surface area contributed by atoms with E-state index in [1.165, 1.54) is 0 Å². The highest BCUT2D eigenvalue weighted by Crippen LogP contribution is 2.11. The summed E-state index contributed by atoms with van der Waals surface area (Å²) >= 11 is 0. The van der Waals surface area contributed by atoms with Crippen molar-refractivity contribution in [3.05, 3.63) is 5.82 Å². The van der Waals surface area contributed by atoms with E-state index >= 15 is 0 Å². The van der Waals surface area contributed by atoms with Crippen molar-refractivity contribution in [1.82, 2.24) is 20.2 Å². The quantitative estimate of drug-likeness (QED) is 0.743. The van der Waals surface area contributed by atoms with E-state index in [-0.39, 0.29) is 12.1 Å². The van der Waals surface area contributed by atoms with Crippen LogP contribution in [0.3, 0.4) is 0 Å². The monoisotopic (exact) mass is 217 g/mol. The summed E-state index contributed by atoms with van der Waals surface area (Å²) in [5.41, 5.74) is 5.69. The number of aromatic nitrogens is 4. The number of tetrazole rings is 1. The molecule has 0 saturated heterocycles. The molecule has 0 saturated carbocycles. The molecule has 6 nitrogen and oxygen atoms in total. The molecular weight excluding hydrogens is 202 g/mol. The molecule has 0 amide bonds. The fourth-order valence-corrected chi connectivity index (χ4v) is 2.05. The molecule has 1 aromatic rings. The number of nitrogens with two attached hydrogens (primary N) is 1. The third-order valence-corrected chi connectivity index (χ3v) is 2.77. The minimum Gasteiger partial charge on any atom is -0.322 e. The molecule has 0 aliphatic carbocycles. The Morgan fingerprint density at radius 2 is 2.21 bits per heavy atom. The Labute approximate surface area is 85.3 Å². The molecule has 1 rings (SSSR count). The average molecular weight is 217 g/mol. The van der Waals surface area contributed by atoms with Gasteiger partial charge in [-0.25, -0.2) is 4.68 Å². The minimum atomic E-state index is -0.859. The first-order valence-corrected chi connectivity index (χ1v) is 6.08. The smallest absolute Gasteiger partial charge is 0.168 e. The lowest BCUT2D eigenvalue weighted by molar-refractivity contribution is 0.482. The van der Waals surface area contributed by atoms with E-state index < -0.39 is 10.8 Å². The molecule has 1 heterocycles. The molecule has 14 heavy (non-hydrogen) atoms. The van der Waals surface area contributed by atoms with Crippen LogP contribution in [0.25, 0.3) is 0 Å². The van der Waals surface area contributed by atoms with Gasteiger partial charge in [0.25, 0.3) is 0 Å². The highest BCUT2D eigenvalue weighted by atomic mass is 32.2. The highest BCUT2D eigenvalue weighted by molar-refractivity contribution is 7.84. The van der Waals surface area contributed by atoms with Gasteiger partial charge in [-0.15, -0.1) is 5.10 Å². The Morgan fingerprint density at radius 3 is 2.71 bits per heavy atom. The summed E-state index contributed by atoms with van der Waals surface area (Å²) in [6.45, 7) is 3.74. The van der Waals surface area contributed by atoms with Crippen LogP contribution < -0.4 is 5.73 Å². The molecule has 1 aromatic heterocycles. The van der Waals surface area contributed by atoms with Gasteiger partial charge in [0, 0.05) is 22.8 Å². The van der Waals surface area contributed by atoms with Crippen molar-refractivity contribution >= 4 is 10.8 Å². The zero-order chi connectivity index (χ0) is 10.7. The second-order valence-electron chi connectivity index (χ2n) is 3.36. The van der Waals surface area contributed by atoms with Crippen molar-refractivity contribution in [2.75, 3.05) is 12.0 Å². The van der Waals surface area contributed by atoms with Gasteiger partial charge in [0.2, 0.25) is 0 Å². The van der Waals surface area contributed by atoms with Gasteiger partial charge in [0.15, 0.2) is 5.82 Å². The van der Waals surface area contributed by atoms with E-state index in [1.807, 2.05) is 13.8 Å². The Morgan fingerprint density at radius 1 is 1.57 bits per heavy atom. The molecule has 0 aromatic carbocycles. The predicted molar refractivity (Wildman–Crippen MR) is 54.1 cm³/mol. The van der Waals surface area contributed by atoms with E-state index in [0.717, 1.165) is 0 Å². The molecule has 0 bridgehead atoms.